The van der Waals surface area contributed by atoms with Gasteiger partial charge in [0, 0.05) is 32.0 Å². The number of hydrogen-bond acceptors (Lipinski definition) is 4. The van der Waals surface area contributed by atoms with Gasteiger partial charge in [-0.1, -0.05) is 19.1 Å². The molecule has 0 aromatic heterocycles. The Labute approximate surface area is 125 Å². The Hall–Kier alpha value is -0.203. The van der Waals surface area contributed by atoms with Gasteiger partial charge >= 0.3 is 8.80 Å². The second kappa shape index (κ2) is 11.5. The lowest BCUT2D eigenvalue weighted by Gasteiger charge is -2.33. The summed E-state index contributed by atoms with van der Waals surface area (Å²) in [5, 5.41) is 0. The highest BCUT2D eigenvalue weighted by molar-refractivity contribution is 6.62. The molecule has 0 heterocycles. The molecule has 20 heavy (non-hydrogen) atoms. The van der Waals surface area contributed by atoms with Crippen molar-refractivity contribution in [3.63, 3.8) is 0 Å². The van der Waals surface area contributed by atoms with Gasteiger partial charge in [-0.3, -0.25) is 0 Å². The Balaban J connectivity index is 4.30. The van der Waals surface area contributed by atoms with Gasteiger partial charge in [-0.05, 0) is 40.5 Å². The first-order valence-electron chi connectivity index (χ1n) is 7.66. The largest absolute Gasteiger partial charge is 0.503 e. The third-order valence-corrected chi connectivity index (χ3v) is 6.48. The first-order valence-corrected chi connectivity index (χ1v) is 9.46. The number of hydrogen-bond donors (Lipinski definition) is 0. The van der Waals surface area contributed by atoms with Crippen LogP contribution in [0.5, 0.6) is 0 Å². The molecule has 0 saturated carbocycles. The molecule has 0 N–H and O–H groups in total. The highest BCUT2D eigenvalue weighted by atomic mass is 28.4. The summed E-state index contributed by atoms with van der Waals surface area (Å²) in [4.78, 5) is 0. The highest BCUT2D eigenvalue weighted by Gasteiger charge is 2.46. The van der Waals surface area contributed by atoms with Gasteiger partial charge in [0.2, 0.25) is 0 Å². The Kier molecular flexibility index (Phi) is 11.3. The molecular weight excluding hydrogens is 272 g/mol. The lowest BCUT2D eigenvalue weighted by Crippen LogP contribution is -2.49. The summed E-state index contributed by atoms with van der Waals surface area (Å²) in [7, 11) is -2.55. The summed E-state index contributed by atoms with van der Waals surface area (Å²) >= 11 is 0. The monoisotopic (exact) mass is 304 g/mol. The molecule has 1 atom stereocenters. The van der Waals surface area contributed by atoms with Crippen LogP contribution in [0.2, 0.25) is 5.54 Å². The summed E-state index contributed by atoms with van der Waals surface area (Å²) in [5.74, 6) is 0. The van der Waals surface area contributed by atoms with Crippen LogP contribution in [-0.2, 0) is 18.0 Å². The van der Waals surface area contributed by atoms with Crippen LogP contribution in [0.3, 0.4) is 0 Å². The fourth-order valence-corrected chi connectivity index (χ4v) is 4.94. The summed E-state index contributed by atoms with van der Waals surface area (Å²) in [6.07, 6.45) is 1.97. The van der Waals surface area contributed by atoms with Gasteiger partial charge in [-0.2, -0.15) is 0 Å². The van der Waals surface area contributed by atoms with Gasteiger partial charge in [0.05, 0.1) is 6.61 Å². The van der Waals surface area contributed by atoms with Gasteiger partial charge in [0.25, 0.3) is 0 Å². The maximum atomic E-state index is 5.91. The van der Waals surface area contributed by atoms with Crippen molar-refractivity contribution in [1.82, 2.24) is 0 Å². The Bertz CT molecular complexity index is 241. The first-order chi connectivity index (χ1) is 9.52. The van der Waals surface area contributed by atoms with Crippen LogP contribution in [0, 0.1) is 0 Å². The van der Waals surface area contributed by atoms with E-state index in [0.717, 1.165) is 25.0 Å². The molecule has 0 aliphatic heterocycles. The van der Waals surface area contributed by atoms with Gasteiger partial charge in [0.15, 0.2) is 0 Å². The fourth-order valence-electron chi connectivity index (χ4n) is 2.07. The van der Waals surface area contributed by atoms with E-state index in [4.69, 9.17) is 18.0 Å². The zero-order valence-electron chi connectivity index (χ0n) is 13.9. The predicted octanol–water partition coefficient (Wildman–Crippen LogP) is 3.80. The minimum Gasteiger partial charge on any atom is -0.377 e. The second-order valence-corrected chi connectivity index (χ2v) is 8.01. The number of rotatable bonds is 13. The van der Waals surface area contributed by atoms with Crippen molar-refractivity contribution in [1.29, 1.82) is 0 Å². The molecule has 0 amide bonds. The van der Waals surface area contributed by atoms with E-state index in [-0.39, 0.29) is 5.54 Å². The van der Waals surface area contributed by atoms with E-state index in [1.54, 1.807) is 0 Å². The van der Waals surface area contributed by atoms with Gasteiger partial charge in [0.1, 0.15) is 0 Å². The minimum atomic E-state index is -2.55. The third kappa shape index (κ3) is 7.55. The van der Waals surface area contributed by atoms with Crippen molar-refractivity contribution >= 4 is 8.80 Å². The molecule has 0 rings (SSSR count). The molecule has 0 saturated heterocycles. The van der Waals surface area contributed by atoms with Crippen LogP contribution in [0.25, 0.3) is 0 Å². The standard InChI is InChI=1S/C15H32O4Si/c1-7-17-20(18-8-2,19-9-3)15(6)11-10-12-16-13-14(4)5/h15H,4,7-13H2,1-3,5-6H3. The predicted molar refractivity (Wildman–Crippen MR) is 84.9 cm³/mol. The van der Waals surface area contributed by atoms with E-state index >= 15 is 0 Å². The Morgan fingerprint density at radius 2 is 1.55 bits per heavy atom. The van der Waals surface area contributed by atoms with E-state index in [2.05, 4.69) is 13.5 Å². The van der Waals surface area contributed by atoms with Gasteiger partial charge in [-0.15, -0.1) is 0 Å². The third-order valence-electron chi connectivity index (χ3n) is 2.91. The van der Waals surface area contributed by atoms with E-state index in [0.29, 0.717) is 26.4 Å². The van der Waals surface area contributed by atoms with Crippen molar-refractivity contribution in [2.75, 3.05) is 33.0 Å². The molecule has 0 aromatic rings. The maximum absolute atomic E-state index is 5.91. The first kappa shape index (κ1) is 19.8. The maximum Gasteiger partial charge on any atom is 0.503 e. The highest BCUT2D eigenvalue weighted by Crippen LogP contribution is 2.29. The number of ether oxygens (including phenoxy) is 1. The molecular formula is C15H32O4Si. The average molecular weight is 305 g/mol. The van der Waals surface area contributed by atoms with Crippen molar-refractivity contribution in [3.05, 3.63) is 12.2 Å². The van der Waals surface area contributed by atoms with Crippen molar-refractivity contribution in [3.8, 4) is 0 Å². The molecule has 0 aliphatic carbocycles. The average Bonchev–Trinajstić information content (AvgIpc) is 2.38. The zero-order valence-corrected chi connectivity index (χ0v) is 14.9. The molecule has 0 bridgehead atoms. The lowest BCUT2D eigenvalue weighted by atomic mass is 10.2. The Morgan fingerprint density at radius 1 is 1.05 bits per heavy atom. The van der Waals surface area contributed by atoms with Crippen LogP contribution in [0.4, 0.5) is 0 Å². The zero-order chi connectivity index (χ0) is 15.4. The molecule has 5 heteroatoms. The minimum absolute atomic E-state index is 0.288. The molecule has 0 aliphatic rings. The fraction of sp³-hybridized carbons (Fsp3) is 0.867. The van der Waals surface area contributed by atoms with Crippen molar-refractivity contribution < 1.29 is 18.0 Å². The van der Waals surface area contributed by atoms with E-state index in [1.165, 1.54) is 0 Å². The van der Waals surface area contributed by atoms with Crippen LogP contribution in [0.1, 0.15) is 47.5 Å². The molecule has 0 fully saturated rings. The van der Waals surface area contributed by atoms with Crippen LogP contribution < -0.4 is 0 Å². The summed E-state index contributed by atoms with van der Waals surface area (Å²) in [6.45, 7) is 17.2. The molecule has 4 nitrogen and oxygen atoms in total. The molecule has 0 aromatic carbocycles. The summed E-state index contributed by atoms with van der Waals surface area (Å²) in [6, 6.07) is 0. The van der Waals surface area contributed by atoms with Crippen molar-refractivity contribution in [2.45, 2.75) is 53.0 Å². The van der Waals surface area contributed by atoms with Crippen molar-refractivity contribution in [2.24, 2.45) is 0 Å². The van der Waals surface area contributed by atoms with Crippen LogP contribution >= 0.6 is 0 Å². The summed E-state index contributed by atoms with van der Waals surface area (Å²) in [5.41, 5.74) is 1.34. The topological polar surface area (TPSA) is 36.9 Å². The van der Waals surface area contributed by atoms with Crippen LogP contribution in [0.15, 0.2) is 12.2 Å². The van der Waals surface area contributed by atoms with Crippen LogP contribution in [-0.4, -0.2) is 41.8 Å². The SMILES string of the molecule is C=C(C)COCCCC(C)[Si](OCC)(OCC)OCC. The van der Waals surface area contributed by atoms with E-state index in [1.807, 2.05) is 27.7 Å². The molecule has 120 valence electrons. The smallest absolute Gasteiger partial charge is 0.377 e. The van der Waals surface area contributed by atoms with Gasteiger partial charge in [-0.25, -0.2) is 0 Å². The second-order valence-electron chi connectivity index (χ2n) is 4.96. The van der Waals surface area contributed by atoms with E-state index in [9.17, 15) is 0 Å². The quantitative estimate of drug-likeness (QED) is 0.295. The summed E-state index contributed by atoms with van der Waals surface area (Å²) < 4.78 is 23.3. The lowest BCUT2D eigenvalue weighted by molar-refractivity contribution is 0.0599. The van der Waals surface area contributed by atoms with Gasteiger partial charge < -0.3 is 18.0 Å². The Morgan fingerprint density at radius 3 is 1.95 bits per heavy atom. The molecule has 1 unspecified atom stereocenters. The molecule has 0 radical (unpaired) electrons. The van der Waals surface area contributed by atoms with E-state index < -0.39 is 8.80 Å². The molecule has 0 spiro atoms. The normalized spacial score (nSPS) is 13.4.